The van der Waals surface area contributed by atoms with Gasteiger partial charge in [0, 0.05) is 20.1 Å². The van der Waals surface area contributed by atoms with Crippen molar-refractivity contribution in [2.75, 3.05) is 20.3 Å². The summed E-state index contributed by atoms with van der Waals surface area (Å²) in [6.45, 7) is 9.28. The smallest absolute Gasteiger partial charge is 0.226 e. The highest BCUT2D eigenvalue weighted by molar-refractivity contribution is 5.85. The first-order valence-electron chi connectivity index (χ1n) is 5.75. The van der Waals surface area contributed by atoms with Crippen LogP contribution in [-0.2, 0) is 14.3 Å². The van der Waals surface area contributed by atoms with Crippen LogP contribution in [0.1, 0.15) is 13.3 Å². The van der Waals surface area contributed by atoms with Crippen LogP contribution in [0, 0.1) is 5.92 Å². The predicted octanol–water partition coefficient (Wildman–Crippen LogP) is 1.64. The van der Waals surface area contributed by atoms with Gasteiger partial charge in [-0.1, -0.05) is 31.4 Å². The van der Waals surface area contributed by atoms with Crippen LogP contribution < -0.4 is 5.32 Å². The number of nitrogens with one attached hydrogen (secondary N) is 1. The molecule has 4 nitrogen and oxygen atoms in total. The van der Waals surface area contributed by atoms with Crippen molar-refractivity contribution < 1.29 is 14.3 Å². The number of methoxy groups -OCH3 is 1. The second-order valence-corrected chi connectivity index (χ2v) is 3.96. The quantitative estimate of drug-likeness (QED) is 0.634. The Balaban J connectivity index is 4.41. The Hall–Kier alpha value is -1.68. The zero-order chi connectivity index (χ0) is 14.0. The van der Waals surface area contributed by atoms with Crippen LogP contribution in [0.2, 0.25) is 0 Å². The van der Waals surface area contributed by atoms with Crippen LogP contribution in [0.15, 0.2) is 37.0 Å². The Bertz CT molecular complexity index is 345. The Labute approximate surface area is 108 Å². The molecule has 0 rings (SSSR count). The lowest BCUT2D eigenvalue weighted by Crippen LogP contribution is -2.35. The topological polar surface area (TPSA) is 55.4 Å². The van der Waals surface area contributed by atoms with E-state index in [1.165, 1.54) is 14.0 Å². The predicted molar refractivity (Wildman–Crippen MR) is 72.2 cm³/mol. The highest BCUT2D eigenvalue weighted by Gasteiger charge is 2.19. The van der Waals surface area contributed by atoms with Crippen molar-refractivity contribution in [2.45, 2.75) is 13.3 Å². The molecule has 0 spiro atoms. The molecule has 0 aliphatic heterocycles. The molecule has 0 saturated carbocycles. The molecule has 0 fully saturated rings. The first kappa shape index (κ1) is 16.3. The van der Waals surface area contributed by atoms with Crippen molar-refractivity contribution in [1.82, 2.24) is 5.32 Å². The Morgan fingerprint density at radius 3 is 2.50 bits per heavy atom. The van der Waals surface area contributed by atoms with Crippen molar-refractivity contribution in [3.63, 3.8) is 0 Å². The lowest BCUT2D eigenvalue weighted by Gasteiger charge is -2.14. The van der Waals surface area contributed by atoms with E-state index >= 15 is 0 Å². The van der Waals surface area contributed by atoms with Crippen LogP contribution >= 0.6 is 0 Å². The number of allylic oxidation sites excluding steroid dienone is 2. The van der Waals surface area contributed by atoms with Crippen LogP contribution in [0.3, 0.4) is 0 Å². The van der Waals surface area contributed by atoms with Gasteiger partial charge in [0.25, 0.3) is 0 Å². The first-order valence-corrected chi connectivity index (χ1v) is 5.75. The maximum atomic E-state index is 11.9. The molecule has 0 radical (unpaired) electrons. The average molecular weight is 251 g/mol. The van der Waals surface area contributed by atoms with Crippen LogP contribution in [0.4, 0.5) is 0 Å². The molecule has 4 heteroatoms. The summed E-state index contributed by atoms with van der Waals surface area (Å²) < 4.78 is 4.94. The highest BCUT2D eigenvalue weighted by atomic mass is 16.5. The van der Waals surface area contributed by atoms with Crippen molar-refractivity contribution >= 4 is 11.7 Å². The number of Topliss-reactive ketones (excluding diaryl/α,β-unsaturated/α-hetero) is 1. The molecule has 0 aromatic heterocycles. The summed E-state index contributed by atoms with van der Waals surface area (Å²) in [7, 11) is 1.51. The molecule has 0 aliphatic carbocycles. The van der Waals surface area contributed by atoms with Gasteiger partial charge in [-0.25, -0.2) is 0 Å². The van der Waals surface area contributed by atoms with Gasteiger partial charge >= 0.3 is 0 Å². The number of ether oxygens (including phenoxy) is 1. The van der Waals surface area contributed by atoms with E-state index in [0.717, 1.165) is 5.57 Å². The Kier molecular flexibility index (Phi) is 8.49. The van der Waals surface area contributed by atoms with Gasteiger partial charge in [0.05, 0.1) is 12.5 Å². The molecule has 18 heavy (non-hydrogen) atoms. The van der Waals surface area contributed by atoms with Gasteiger partial charge < -0.3 is 14.8 Å². The average Bonchev–Trinajstić information content (AvgIpc) is 2.33. The molecule has 0 bridgehead atoms. The summed E-state index contributed by atoms with van der Waals surface area (Å²) in [5.41, 5.74) is 0.859. The number of rotatable bonds is 9. The van der Waals surface area contributed by atoms with Crippen molar-refractivity contribution in [2.24, 2.45) is 5.92 Å². The van der Waals surface area contributed by atoms with Gasteiger partial charge in [0.15, 0.2) is 0 Å². The third-order valence-corrected chi connectivity index (χ3v) is 2.33. The van der Waals surface area contributed by atoms with Gasteiger partial charge in [0.1, 0.15) is 5.78 Å². The molecule has 1 N–H and O–H groups in total. The maximum absolute atomic E-state index is 11.9. The zero-order valence-electron chi connectivity index (χ0n) is 11.1. The number of carbonyl (C=O) groups excluding carboxylic acids is 2. The van der Waals surface area contributed by atoms with Gasteiger partial charge in [-0.05, 0) is 12.5 Å². The summed E-state index contributed by atoms with van der Waals surface area (Å²) in [5.74, 6) is -0.663. The molecule has 1 amide bonds. The Morgan fingerprint density at radius 2 is 2.06 bits per heavy atom. The number of hydrogen-bond acceptors (Lipinski definition) is 3. The lowest BCUT2D eigenvalue weighted by molar-refractivity contribution is -0.130. The molecule has 0 unspecified atom stereocenters. The molecule has 0 heterocycles. The van der Waals surface area contributed by atoms with E-state index < -0.39 is 5.92 Å². The summed E-state index contributed by atoms with van der Waals surface area (Å²) in [6, 6.07) is 0. The zero-order valence-corrected chi connectivity index (χ0v) is 11.1. The van der Waals surface area contributed by atoms with Gasteiger partial charge in [-0.15, -0.1) is 0 Å². The molecular formula is C14H21NO3. The van der Waals surface area contributed by atoms with Crippen molar-refractivity contribution in [1.29, 1.82) is 0 Å². The summed E-state index contributed by atoms with van der Waals surface area (Å²) in [4.78, 5) is 22.9. The van der Waals surface area contributed by atoms with E-state index in [9.17, 15) is 9.59 Å². The van der Waals surface area contributed by atoms with Gasteiger partial charge in [-0.3, -0.25) is 4.79 Å². The van der Waals surface area contributed by atoms with Gasteiger partial charge in [-0.2, -0.15) is 0 Å². The normalized spacial score (nSPS) is 12.7. The van der Waals surface area contributed by atoms with E-state index in [1.54, 1.807) is 18.2 Å². The Morgan fingerprint density at radius 1 is 1.39 bits per heavy atom. The minimum atomic E-state index is -0.442. The standard InChI is InChI=1S/C14H21NO3/c1-5-7-12(6-2)9-15-14(17)13(10-18-4)8-11(3)16/h5-7,13H,1-2,8-10H2,3-4H3,(H,15,17)/b12-7+/t13-/m1/s1. The largest absolute Gasteiger partial charge is 0.384 e. The fourth-order valence-electron chi connectivity index (χ4n) is 1.46. The summed E-state index contributed by atoms with van der Waals surface area (Å²) in [5, 5.41) is 2.75. The lowest BCUT2D eigenvalue weighted by atomic mass is 10.0. The third-order valence-electron chi connectivity index (χ3n) is 2.33. The van der Waals surface area contributed by atoms with E-state index in [1.807, 2.05) is 0 Å². The van der Waals surface area contributed by atoms with E-state index in [-0.39, 0.29) is 24.7 Å². The molecule has 0 aromatic rings. The fourth-order valence-corrected chi connectivity index (χ4v) is 1.46. The first-order chi connectivity index (χ1) is 8.54. The minimum absolute atomic E-state index is 0.0298. The monoisotopic (exact) mass is 251 g/mol. The molecule has 0 saturated heterocycles. The maximum Gasteiger partial charge on any atom is 0.226 e. The van der Waals surface area contributed by atoms with Crippen molar-refractivity contribution in [3.05, 3.63) is 37.0 Å². The van der Waals surface area contributed by atoms with E-state index in [0.29, 0.717) is 6.54 Å². The molecule has 0 aromatic carbocycles. The molecular weight excluding hydrogens is 230 g/mol. The SMILES string of the molecule is C=C/C=C(\C=C)CNC(=O)[C@@H](COC)CC(C)=O. The van der Waals surface area contributed by atoms with Crippen LogP contribution in [-0.4, -0.2) is 32.0 Å². The third kappa shape index (κ3) is 6.81. The number of amides is 1. The summed E-state index contributed by atoms with van der Waals surface area (Å²) in [6.07, 6.45) is 5.24. The highest BCUT2D eigenvalue weighted by Crippen LogP contribution is 2.05. The second-order valence-electron chi connectivity index (χ2n) is 3.96. The number of hydrogen-bond donors (Lipinski definition) is 1. The summed E-state index contributed by atoms with van der Waals surface area (Å²) >= 11 is 0. The number of carbonyl (C=O) groups is 2. The molecule has 100 valence electrons. The minimum Gasteiger partial charge on any atom is -0.384 e. The van der Waals surface area contributed by atoms with Crippen molar-refractivity contribution in [3.8, 4) is 0 Å². The van der Waals surface area contributed by atoms with E-state index in [2.05, 4.69) is 18.5 Å². The van der Waals surface area contributed by atoms with Gasteiger partial charge in [0.2, 0.25) is 5.91 Å². The van der Waals surface area contributed by atoms with Crippen LogP contribution in [0.25, 0.3) is 0 Å². The van der Waals surface area contributed by atoms with E-state index in [4.69, 9.17) is 4.74 Å². The second kappa shape index (κ2) is 9.36. The fraction of sp³-hybridized carbons (Fsp3) is 0.429. The molecule has 0 aliphatic rings. The van der Waals surface area contributed by atoms with Crippen LogP contribution in [0.5, 0.6) is 0 Å². The molecule has 1 atom stereocenters. The number of ketones is 1.